The molecule has 0 aliphatic heterocycles. The maximum absolute atomic E-state index is 4.16. The zero-order valence-electron chi connectivity index (χ0n) is 6.39. The van der Waals surface area contributed by atoms with Gasteiger partial charge in [-0.1, -0.05) is 6.92 Å². The van der Waals surface area contributed by atoms with Crippen LogP contribution in [0.25, 0.3) is 0 Å². The standard InChI is InChI=1S/C8H12N2/c1-3-7-5-6-10-8(7)9-4-2/h4-6,10H,3H2,1-2H3/b9-4-. The van der Waals surface area contributed by atoms with E-state index in [0.29, 0.717) is 0 Å². The molecule has 0 fully saturated rings. The first-order valence-electron chi connectivity index (χ1n) is 3.53. The molecule has 1 rings (SSSR count). The molecule has 0 aliphatic rings. The van der Waals surface area contributed by atoms with E-state index >= 15 is 0 Å². The van der Waals surface area contributed by atoms with Crippen molar-refractivity contribution in [3.8, 4) is 0 Å². The van der Waals surface area contributed by atoms with Crippen LogP contribution in [0.4, 0.5) is 5.82 Å². The molecule has 0 spiro atoms. The van der Waals surface area contributed by atoms with E-state index in [0.717, 1.165) is 12.2 Å². The van der Waals surface area contributed by atoms with Crippen LogP contribution in [0.2, 0.25) is 0 Å². The van der Waals surface area contributed by atoms with Gasteiger partial charge in [-0.25, -0.2) is 4.99 Å². The fraction of sp³-hybridized carbons (Fsp3) is 0.375. The smallest absolute Gasteiger partial charge is 0.132 e. The minimum atomic E-state index is 0.991. The molecule has 0 aromatic carbocycles. The molecule has 0 unspecified atom stereocenters. The van der Waals surface area contributed by atoms with Crippen LogP contribution in [0.1, 0.15) is 19.4 Å². The molecule has 2 nitrogen and oxygen atoms in total. The third-order valence-electron chi connectivity index (χ3n) is 1.45. The number of aryl methyl sites for hydroxylation is 1. The average molecular weight is 136 g/mol. The molecule has 0 radical (unpaired) electrons. The van der Waals surface area contributed by atoms with Crippen molar-refractivity contribution in [2.75, 3.05) is 0 Å². The van der Waals surface area contributed by atoms with Gasteiger partial charge in [0, 0.05) is 12.4 Å². The predicted octanol–water partition coefficient (Wildman–Crippen LogP) is 2.30. The first-order valence-corrected chi connectivity index (χ1v) is 3.53. The lowest BCUT2D eigenvalue weighted by atomic mass is 10.2. The van der Waals surface area contributed by atoms with Gasteiger partial charge in [-0.3, -0.25) is 0 Å². The largest absolute Gasteiger partial charge is 0.346 e. The number of aromatic amines is 1. The first kappa shape index (κ1) is 7.06. The molecule has 10 heavy (non-hydrogen) atoms. The van der Waals surface area contributed by atoms with Crippen LogP contribution in [0, 0.1) is 0 Å². The van der Waals surface area contributed by atoms with E-state index in [2.05, 4.69) is 23.0 Å². The zero-order valence-corrected chi connectivity index (χ0v) is 6.39. The molecule has 0 amide bonds. The summed E-state index contributed by atoms with van der Waals surface area (Å²) < 4.78 is 0. The second kappa shape index (κ2) is 3.20. The summed E-state index contributed by atoms with van der Waals surface area (Å²) >= 11 is 0. The topological polar surface area (TPSA) is 28.1 Å². The maximum atomic E-state index is 4.16. The van der Waals surface area contributed by atoms with Crippen molar-refractivity contribution in [3.05, 3.63) is 17.8 Å². The van der Waals surface area contributed by atoms with Crippen molar-refractivity contribution in [3.63, 3.8) is 0 Å². The monoisotopic (exact) mass is 136 g/mol. The van der Waals surface area contributed by atoms with E-state index in [-0.39, 0.29) is 0 Å². The molecular weight excluding hydrogens is 124 g/mol. The Kier molecular flexibility index (Phi) is 2.26. The second-order valence-electron chi connectivity index (χ2n) is 2.09. The van der Waals surface area contributed by atoms with E-state index in [1.165, 1.54) is 5.56 Å². The molecule has 0 saturated heterocycles. The second-order valence-corrected chi connectivity index (χ2v) is 2.09. The average Bonchev–Trinajstić information content (AvgIpc) is 2.36. The first-order chi connectivity index (χ1) is 4.88. The lowest BCUT2D eigenvalue weighted by molar-refractivity contribution is 1.13. The Morgan fingerprint density at radius 3 is 3.10 bits per heavy atom. The Labute approximate surface area is 61.0 Å². The van der Waals surface area contributed by atoms with Crippen molar-refractivity contribution in [2.45, 2.75) is 20.3 Å². The molecule has 1 aromatic rings. The number of aromatic nitrogens is 1. The fourth-order valence-corrected chi connectivity index (χ4v) is 0.927. The van der Waals surface area contributed by atoms with Gasteiger partial charge in [0.15, 0.2) is 0 Å². The van der Waals surface area contributed by atoms with Gasteiger partial charge in [-0.2, -0.15) is 0 Å². The fourth-order valence-electron chi connectivity index (χ4n) is 0.927. The van der Waals surface area contributed by atoms with Crippen molar-refractivity contribution < 1.29 is 0 Å². The number of hydrogen-bond donors (Lipinski definition) is 1. The van der Waals surface area contributed by atoms with Crippen LogP contribution < -0.4 is 0 Å². The predicted molar refractivity (Wildman–Crippen MR) is 44.0 cm³/mol. The van der Waals surface area contributed by atoms with Crippen LogP contribution in [0.3, 0.4) is 0 Å². The lowest BCUT2D eigenvalue weighted by Crippen LogP contribution is -1.74. The highest BCUT2D eigenvalue weighted by molar-refractivity contribution is 5.60. The van der Waals surface area contributed by atoms with Gasteiger partial charge in [0.05, 0.1) is 0 Å². The summed E-state index contributed by atoms with van der Waals surface area (Å²) in [5.74, 6) is 0.991. The lowest BCUT2D eigenvalue weighted by Gasteiger charge is -1.90. The number of H-pyrrole nitrogens is 1. The SMILES string of the molecule is C/C=N\c1[nH]ccc1CC. The van der Waals surface area contributed by atoms with Gasteiger partial charge >= 0.3 is 0 Å². The molecule has 54 valence electrons. The molecule has 0 bridgehead atoms. The van der Waals surface area contributed by atoms with Gasteiger partial charge in [0.25, 0.3) is 0 Å². The molecule has 0 atom stereocenters. The Morgan fingerprint density at radius 2 is 2.50 bits per heavy atom. The highest BCUT2D eigenvalue weighted by Gasteiger charge is 1.96. The zero-order chi connectivity index (χ0) is 7.40. The van der Waals surface area contributed by atoms with Crippen LogP contribution in [-0.4, -0.2) is 11.2 Å². The molecule has 1 aromatic heterocycles. The third kappa shape index (κ3) is 1.26. The molecule has 0 aliphatic carbocycles. The van der Waals surface area contributed by atoms with Gasteiger partial charge in [0.1, 0.15) is 5.82 Å². The summed E-state index contributed by atoms with van der Waals surface area (Å²) in [7, 11) is 0. The quantitative estimate of drug-likeness (QED) is 0.604. The van der Waals surface area contributed by atoms with Gasteiger partial charge in [-0.05, 0) is 25.0 Å². The molecule has 2 heteroatoms. The van der Waals surface area contributed by atoms with Gasteiger partial charge in [0.2, 0.25) is 0 Å². The van der Waals surface area contributed by atoms with Crippen LogP contribution in [-0.2, 0) is 6.42 Å². The molecule has 1 N–H and O–H groups in total. The normalized spacial score (nSPS) is 11.0. The summed E-state index contributed by atoms with van der Waals surface area (Å²) in [6.07, 6.45) is 4.75. The number of aliphatic imine (C=N–C) groups is 1. The summed E-state index contributed by atoms with van der Waals surface area (Å²) in [5, 5.41) is 0. The Bertz CT molecular complexity index is 223. The maximum Gasteiger partial charge on any atom is 0.132 e. The molecule has 0 saturated carbocycles. The van der Waals surface area contributed by atoms with E-state index in [9.17, 15) is 0 Å². The number of rotatable bonds is 2. The number of nitrogens with one attached hydrogen (secondary N) is 1. The van der Waals surface area contributed by atoms with E-state index in [4.69, 9.17) is 0 Å². The highest BCUT2D eigenvalue weighted by atomic mass is 14.9. The minimum Gasteiger partial charge on any atom is -0.346 e. The Hall–Kier alpha value is -1.05. The summed E-state index contributed by atoms with van der Waals surface area (Å²) in [6.45, 7) is 4.04. The number of nitrogens with zero attached hydrogens (tertiary/aromatic N) is 1. The van der Waals surface area contributed by atoms with Gasteiger partial charge < -0.3 is 4.98 Å². The van der Waals surface area contributed by atoms with Crippen molar-refractivity contribution in [1.82, 2.24) is 4.98 Å². The number of hydrogen-bond acceptors (Lipinski definition) is 1. The summed E-state index contributed by atoms with van der Waals surface area (Å²) in [6, 6.07) is 2.06. The Balaban J connectivity index is 2.90. The minimum absolute atomic E-state index is 0.991. The molecule has 1 heterocycles. The Morgan fingerprint density at radius 1 is 1.70 bits per heavy atom. The highest BCUT2D eigenvalue weighted by Crippen LogP contribution is 2.15. The van der Waals surface area contributed by atoms with Crippen molar-refractivity contribution >= 4 is 12.0 Å². The van der Waals surface area contributed by atoms with Crippen LogP contribution >= 0.6 is 0 Å². The van der Waals surface area contributed by atoms with E-state index in [1.54, 1.807) is 6.21 Å². The summed E-state index contributed by atoms with van der Waals surface area (Å²) in [5.41, 5.74) is 1.28. The van der Waals surface area contributed by atoms with E-state index < -0.39 is 0 Å². The van der Waals surface area contributed by atoms with E-state index in [1.807, 2.05) is 13.1 Å². The molecular formula is C8H12N2. The van der Waals surface area contributed by atoms with Crippen LogP contribution in [0.15, 0.2) is 17.3 Å². The van der Waals surface area contributed by atoms with Crippen molar-refractivity contribution in [2.24, 2.45) is 4.99 Å². The van der Waals surface area contributed by atoms with Crippen LogP contribution in [0.5, 0.6) is 0 Å². The van der Waals surface area contributed by atoms with Gasteiger partial charge in [-0.15, -0.1) is 0 Å². The third-order valence-corrected chi connectivity index (χ3v) is 1.45. The summed E-state index contributed by atoms with van der Waals surface area (Å²) in [4.78, 5) is 7.22. The van der Waals surface area contributed by atoms with Crippen molar-refractivity contribution in [1.29, 1.82) is 0 Å².